The Bertz CT molecular complexity index is 841. The van der Waals surface area contributed by atoms with Gasteiger partial charge in [0, 0.05) is 12.7 Å². The average molecular weight is 343 g/mol. The Morgan fingerprint density at radius 3 is 2.80 bits per heavy atom. The number of nitrogens with zero attached hydrogens (tertiary/aromatic N) is 6. The Balaban J connectivity index is 1.56. The molecular formula is C15H17N7O3. The second kappa shape index (κ2) is 7.62. The van der Waals surface area contributed by atoms with E-state index in [9.17, 15) is 4.79 Å². The number of aromatic nitrogens is 6. The molecule has 0 fully saturated rings. The maximum absolute atomic E-state index is 12.2. The molecule has 2 heterocycles. The third-order valence-electron chi connectivity index (χ3n) is 3.44. The number of carbonyl (C=O) groups is 1. The average Bonchev–Trinajstić information content (AvgIpc) is 3.23. The van der Waals surface area contributed by atoms with Crippen LogP contribution in [0, 0.1) is 6.92 Å². The van der Waals surface area contributed by atoms with Gasteiger partial charge in [0.2, 0.25) is 5.89 Å². The minimum Gasteiger partial charge on any atom is -0.377 e. The fourth-order valence-electron chi connectivity index (χ4n) is 2.14. The van der Waals surface area contributed by atoms with Gasteiger partial charge in [-0.25, -0.2) is 4.68 Å². The van der Waals surface area contributed by atoms with E-state index in [0.717, 1.165) is 11.4 Å². The van der Waals surface area contributed by atoms with E-state index in [-0.39, 0.29) is 19.1 Å². The lowest BCUT2D eigenvalue weighted by Crippen LogP contribution is -2.23. The molecule has 3 aromatic rings. The molecule has 1 aromatic carbocycles. The largest absolute Gasteiger partial charge is 0.377 e. The summed E-state index contributed by atoms with van der Waals surface area (Å²) in [4.78, 5) is 16.3. The number of ether oxygens (including phenoxy) is 1. The van der Waals surface area contributed by atoms with Crippen molar-refractivity contribution in [1.82, 2.24) is 35.7 Å². The SMILES string of the molecule is COCc1noc(CNC(=O)c2ccc(Cn3nnnc3C)cc2)n1. The molecule has 0 aliphatic heterocycles. The first-order valence-electron chi connectivity index (χ1n) is 7.56. The highest BCUT2D eigenvalue weighted by Crippen LogP contribution is 2.07. The number of rotatable bonds is 7. The number of aryl methyl sites for hydroxylation is 1. The highest BCUT2D eigenvalue weighted by molar-refractivity contribution is 5.94. The monoisotopic (exact) mass is 343 g/mol. The van der Waals surface area contributed by atoms with Crippen molar-refractivity contribution in [3.05, 3.63) is 52.9 Å². The minimum atomic E-state index is -0.225. The van der Waals surface area contributed by atoms with E-state index < -0.39 is 0 Å². The second-order valence-electron chi connectivity index (χ2n) is 5.30. The summed E-state index contributed by atoms with van der Waals surface area (Å²) in [7, 11) is 1.54. The van der Waals surface area contributed by atoms with Gasteiger partial charge in [-0.2, -0.15) is 4.98 Å². The number of hydrogen-bond donors (Lipinski definition) is 1. The molecule has 0 unspecified atom stereocenters. The number of hydrogen-bond acceptors (Lipinski definition) is 8. The molecule has 130 valence electrons. The lowest BCUT2D eigenvalue weighted by molar-refractivity contribution is 0.0946. The van der Waals surface area contributed by atoms with Crippen LogP contribution in [-0.2, 0) is 24.4 Å². The van der Waals surface area contributed by atoms with E-state index in [1.807, 2.05) is 19.1 Å². The predicted molar refractivity (Wildman–Crippen MR) is 84.3 cm³/mol. The fraction of sp³-hybridized carbons (Fsp3) is 0.333. The van der Waals surface area contributed by atoms with Crippen LogP contribution in [-0.4, -0.2) is 43.4 Å². The van der Waals surface area contributed by atoms with Crippen molar-refractivity contribution in [2.24, 2.45) is 0 Å². The maximum atomic E-state index is 12.2. The molecule has 25 heavy (non-hydrogen) atoms. The van der Waals surface area contributed by atoms with Crippen molar-refractivity contribution in [2.45, 2.75) is 26.6 Å². The van der Waals surface area contributed by atoms with Crippen molar-refractivity contribution in [2.75, 3.05) is 7.11 Å². The summed E-state index contributed by atoms with van der Waals surface area (Å²) in [6, 6.07) is 7.21. The lowest BCUT2D eigenvalue weighted by Gasteiger charge is -2.05. The summed E-state index contributed by atoms with van der Waals surface area (Å²) in [5.74, 6) is 1.27. The summed E-state index contributed by atoms with van der Waals surface area (Å²) < 4.78 is 11.6. The van der Waals surface area contributed by atoms with Gasteiger partial charge in [0.15, 0.2) is 5.82 Å². The molecule has 0 saturated carbocycles. The molecule has 0 atom stereocenters. The Labute approximate surface area is 143 Å². The summed E-state index contributed by atoms with van der Waals surface area (Å²) in [6.07, 6.45) is 0. The minimum absolute atomic E-state index is 0.154. The van der Waals surface area contributed by atoms with E-state index in [4.69, 9.17) is 9.26 Å². The molecular weight excluding hydrogens is 326 g/mol. The Morgan fingerprint density at radius 2 is 2.12 bits per heavy atom. The molecule has 0 radical (unpaired) electrons. The van der Waals surface area contributed by atoms with Crippen molar-refractivity contribution < 1.29 is 14.1 Å². The number of nitrogens with one attached hydrogen (secondary N) is 1. The van der Waals surface area contributed by atoms with Gasteiger partial charge in [-0.05, 0) is 35.0 Å². The number of benzene rings is 1. The van der Waals surface area contributed by atoms with Gasteiger partial charge in [-0.1, -0.05) is 17.3 Å². The first-order valence-corrected chi connectivity index (χ1v) is 7.56. The predicted octanol–water partition coefficient (Wildman–Crippen LogP) is 0.489. The molecule has 10 heteroatoms. The summed E-state index contributed by atoms with van der Waals surface area (Å²) in [5.41, 5.74) is 1.53. The van der Waals surface area contributed by atoms with Gasteiger partial charge in [-0.3, -0.25) is 4.79 Å². The molecule has 0 aliphatic rings. The zero-order valence-corrected chi connectivity index (χ0v) is 13.8. The van der Waals surface area contributed by atoms with Gasteiger partial charge in [0.25, 0.3) is 5.91 Å². The Morgan fingerprint density at radius 1 is 1.32 bits per heavy atom. The fourth-order valence-corrected chi connectivity index (χ4v) is 2.14. The van der Waals surface area contributed by atoms with Crippen LogP contribution < -0.4 is 5.32 Å². The van der Waals surface area contributed by atoms with Gasteiger partial charge in [0.05, 0.1) is 13.1 Å². The molecule has 0 aliphatic carbocycles. The maximum Gasteiger partial charge on any atom is 0.251 e. The lowest BCUT2D eigenvalue weighted by atomic mass is 10.1. The third-order valence-corrected chi connectivity index (χ3v) is 3.44. The van der Waals surface area contributed by atoms with E-state index in [2.05, 4.69) is 31.0 Å². The quantitative estimate of drug-likeness (QED) is 0.658. The number of tetrazole rings is 1. The van der Waals surface area contributed by atoms with Crippen LogP contribution in [0.5, 0.6) is 0 Å². The van der Waals surface area contributed by atoms with Crippen molar-refractivity contribution >= 4 is 5.91 Å². The van der Waals surface area contributed by atoms with Gasteiger partial charge >= 0.3 is 0 Å². The highest BCUT2D eigenvalue weighted by atomic mass is 16.5. The zero-order chi connectivity index (χ0) is 17.6. The van der Waals surface area contributed by atoms with Crippen LogP contribution in [0.15, 0.2) is 28.8 Å². The van der Waals surface area contributed by atoms with Crippen LogP contribution in [0.3, 0.4) is 0 Å². The van der Waals surface area contributed by atoms with Crippen molar-refractivity contribution in [1.29, 1.82) is 0 Å². The second-order valence-corrected chi connectivity index (χ2v) is 5.30. The molecule has 1 amide bonds. The third kappa shape index (κ3) is 4.23. The number of methoxy groups -OCH3 is 1. The normalized spacial score (nSPS) is 10.8. The number of carbonyl (C=O) groups excluding carboxylic acids is 1. The van der Waals surface area contributed by atoms with Gasteiger partial charge < -0.3 is 14.6 Å². The smallest absolute Gasteiger partial charge is 0.251 e. The number of amides is 1. The standard InChI is InChI=1S/C15H17N7O3/c1-10-18-20-21-22(10)8-11-3-5-12(6-4-11)15(23)16-7-14-17-13(9-24-2)19-25-14/h3-6H,7-9H2,1-2H3,(H,16,23). The topological polar surface area (TPSA) is 121 Å². The molecule has 10 nitrogen and oxygen atoms in total. The molecule has 0 bridgehead atoms. The summed E-state index contributed by atoms with van der Waals surface area (Å²) in [5, 5.41) is 17.8. The van der Waals surface area contributed by atoms with Crippen molar-refractivity contribution in [3.8, 4) is 0 Å². The van der Waals surface area contributed by atoms with E-state index in [1.54, 1.807) is 23.9 Å². The molecule has 2 aromatic heterocycles. The van der Waals surface area contributed by atoms with E-state index >= 15 is 0 Å². The van der Waals surface area contributed by atoms with Crippen LogP contribution >= 0.6 is 0 Å². The molecule has 3 rings (SSSR count). The Hall–Kier alpha value is -3.14. The Kier molecular flexibility index (Phi) is 5.09. The molecule has 1 N–H and O–H groups in total. The van der Waals surface area contributed by atoms with Gasteiger partial charge in [0.1, 0.15) is 12.4 Å². The van der Waals surface area contributed by atoms with Gasteiger partial charge in [-0.15, -0.1) is 5.10 Å². The first kappa shape index (κ1) is 16.7. The van der Waals surface area contributed by atoms with Crippen LogP contribution in [0.25, 0.3) is 0 Å². The first-order chi connectivity index (χ1) is 12.2. The van der Waals surface area contributed by atoms with Crippen LogP contribution in [0.4, 0.5) is 0 Å². The van der Waals surface area contributed by atoms with E-state index in [0.29, 0.717) is 23.8 Å². The zero-order valence-electron chi connectivity index (χ0n) is 13.8. The molecule has 0 spiro atoms. The molecule has 0 saturated heterocycles. The van der Waals surface area contributed by atoms with Crippen LogP contribution in [0.1, 0.15) is 33.5 Å². The van der Waals surface area contributed by atoms with Crippen molar-refractivity contribution in [3.63, 3.8) is 0 Å². The summed E-state index contributed by atoms with van der Waals surface area (Å²) >= 11 is 0. The van der Waals surface area contributed by atoms with E-state index in [1.165, 1.54) is 0 Å². The highest BCUT2D eigenvalue weighted by Gasteiger charge is 2.10. The van der Waals surface area contributed by atoms with Crippen LogP contribution in [0.2, 0.25) is 0 Å². The summed E-state index contributed by atoms with van der Waals surface area (Å²) in [6.45, 7) is 2.79.